The minimum Gasteiger partial charge on any atom is -0.481 e. The van der Waals surface area contributed by atoms with Crippen LogP contribution in [0.2, 0.25) is 0 Å². The van der Waals surface area contributed by atoms with Crippen molar-refractivity contribution in [1.82, 2.24) is 5.32 Å². The molecule has 0 spiro atoms. The Hall–Kier alpha value is -1.10. The highest BCUT2D eigenvalue weighted by Gasteiger charge is 2.24. The molecule has 2 unspecified atom stereocenters. The molecule has 0 saturated carbocycles. The topological polar surface area (TPSA) is 92.4 Å². The first-order valence-electron chi connectivity index (χ1n) is 5.06. The van der Waals surface area contributed by atoms with Crippen molar-refractivity contribution in [1.29, 1.82) is 0 Å². The van der Waals surface area contributed by atoms with Crippen LogP contribution in [-0.2, 0) is 9.59 Å². The Balaban J connectivity index is 4.24. The Morgan fingerprint density at radius 2 is 1.67 bits per heavy atom. The average molecular weight is 216 g/mol. The molecule has 0 aliphatic rings. The predicted octanol–water partition coefficient (Wildman–Crippen LogP) is 0.195. The number of aliphatic carboxylic acids is 1. The number of carboxylic acid groups (broad SMARTS) is 1. The molecule has 0 aromatic heterocycles. The first-order valence-corrected chi connectivity index (χ1v) is 5.06. The Labute approximate surface area is 90.0 Å². The van der Waals surface area contributed by atoms with E-state index in [1.807, 2.05) is 13.8 Å². The minimum absolute atomic E-state index is 0.0392. The summed E-state index contributed by atoms with van der Waals surface area (Å²) in [5, 5.41) is 11.3. The van der Waals surface area contributed by atoms with Gasteiger partial charge >= 0.3 is 5.97 Å². The minimum atomic E-state index is -0.930. The second-order valence-electron chi connectivity index (χ2n) is 4.19. The number of hydrogen-bond acceptors (Lipinski definition) is 3. The van der Waals surface area contributed by atoms with E-state index in [1.165, 1.54) is 0 Å². The molecule has 0 heterocycles. The van der Waals surface area contributed by atoms with Gasteiger partial charge in [-0.15, -0.1) is 0 Å². The van der Waals surface area contributed by atoms with E-state index >= 15 is 0 Å². The van der Waals surface area contributed by atoms with Gasteiger partial charge in [0.05, 0.1) is 12.0 Å². The molecule has 0 aromatic rings. The van der Waals surface area contributed by atoms with Crippen molar-refractivity contribution in [2.75, 3.05) is 0 Å². The van der Waals surface area contributed by atoms with Crippen LogP contribution in [0.3, 0.4) is 0 Å². The summed E-state index contributed by atoms with van der Waals surface area (Å²) in [6.07, 6.45) is 0. The summed E-state index contributed by atoms with van der Waals surface area (Å²) in [5.41, 5.74) is 5.63. The van der Waals surface area contributed by atoms with Crippen molar-refractivity contribution in [3.8, 4) is 0 Å². The lowest BCUT2D eigenvalue weighted by Gasteiger charge is -2.21. The van der Waals surface area contributed by atoms with E-state index < -0.39 is 24.0 Å². The molecule has 0 aromatic carbocycles. The number of rotatable bonds is 5. The SMILES string of the molecule is CC(NC(=O)[C@H](N)C(C)C)C(C)C(=O)O. The predicted molar refractivity (Wildman–Crippen MR) is 57.2 cm³/mol. The van der Waals surface area contributed by atoms with Gasteiger partial charge in [0, 0.05) is 6.04 Å². The maximum atomic E-state index is 11.5. The molecular formula is C10H20N2O3. The Kier molecular flexibility index (Phi) is 5.28. The summed E-state index contributed by atoms with van der Waals surface area (Å²) in [6, 6.07) is -1.01. The van der Waals surface area contributed by atoms with Gasteiger partial charge in [0.15, 0.2) is 0 Å². The van der Waals surface area contributed by atoms with Crippen LogP contribution in [0.1, 0.15) is 27.7 Å². The quantitative estimate of drug-likeness (QED) is 0.612. The van der Waals surface area contributed by atoms with E-state index in [1.54, 1.807) is 13.8 Å². The molecule has 1 amide bonds. The van der Waals surface area contributed by atoms with Gasteiger partial charge in [0.2, 0.25) is 5.91 Å². The maximum absolute atomic E-state index is 11.5. The number of nitrogens with two attached hydrogens (primary N) is 1. The highest BCUT2D eigenvalue weighted by Crippen LogP contribution is 2.04. The number of amides is 1. The molecule has 0 saturated heterocycles. The van der Waals surface area contributed by atoms with Gasteiger partial charge in [0.1, 0.15) is 0 Å². The normalized spacial score (nSPS) is 16.9. The van der Waals surface area contributed by atoms with Crippen molar-refractivity contribution in [2.45, 2.75) is 39.8 Å². The van der Waals surface area contributed by atoms with Gasteiger partial charge < -0.3 is 16.2 Å². The van der Waals surface area contributed by atoms with Gasteiger partial charge in [0.25, 0.3) is 0 Å². The van der Waals surface area contributed by atoms with Crippen LogP contribution >= 0.6 is 0 Å². The van der Waals surface area contributed by atoms with Crippen LogP contribution in [0.25, 0.3) is 0 Å². The van der Waals surface area contributed by atoms with Crippen LogP contribution in [0.5, 0.6) is 0 Å². The van der Waals surface area contributed by atoms with Crippen LogP contribution < -0.4 is 11.1 Å². The molecule has 0 rings (SSSR count). The molecule has 4 N–H and O–H groups in total. The fourth-order valence-corrected chi connectivity index (χ4v) is 0.962. The lowest BCUT2D eigenvalue weighted by molar-refractivity contribution is -0.142. The van der Waals surface area contributed by atoms with E-state index in [2.05, 4.69) is 5.32 Å². The molecule has 0 radical (unpaired) electrons. The fraction of sp³-hybridized carbons (Fsp3) is 0.800. The average Bonchev–Trinajstić information content (AvgIpc) is 2.14. The third kappa shape index (κ3) is 4.29. The van der Waals surface area contributed by atoms with Crippen LogP contribution in [0, 0.1) is 11.8 Å². The molecule has 3 atom stereocenters. The molecule has 0 fully saturated rings. The third-order valence-electron chi connectivity index (χ3n) is 2.53. The monoisotopic (exact) mass is 216 g/mol. The summed E-state index contributed by atoms with van der Waals surface area (Å²) in [5.74, 6) is -1.81. The lowest BCUT2D eigenvalue weighted by Crippen LogP contribution is -2.49. The third-order valence-corrected chi connectivity index (χ3v) is 2.53. The lowest BCUT2D eigenvalue weighted by atomic mass is 10.0. The van der Waals surface area contributed by atoms with Gasteiger partial charge in [-0.3, -0.25) is 9.59 Å². The first-order chi connectivity index (χ1) is 6.77. The van der Waals surface area contributed by atoms with E-state index in [4.69, 9.17) is 10.8 Å². The largest absolute Gasteiger partial charge is 0.481 e. The number of carbonyl (C=O) groups is 2. The highest BCUT2D eigenvalue weighted by atomic mass is 16.4. The number of carbonyl (C=O) groups excluding carboxylic acids is 1. The standard InChI is InChI=1S/C10H20N2O3/c1-5(2)8(11)9(13)12-7(4)6(3)10(14)15/h5-8H,11H2,1-4H3,(H,12,13)(H,14,15)/t6?,7?,8-/m1/s1. The Bertz CT molecular complexity index is 241. The molecule has 15 heavy (non-hydrogen) atoms. The van der Waals surface area contributed by atoms with E-state index in [0.717, 1.165) is 0 Å². The van der Waals surface area contributed by atoms with Crippen molar-refractivity contribution < 1.29 is 14.7 Å². The molecule has 0 aliphatic carbocycles. The van der Waals surface area contributed by atoms with Crippen molar-refractivity contribution in [2.24, 2.45) is 17.6 Å². The van der Waals surface area contributed by atoms with Crippen molar-refractivity contribution in [3.63, 3.8) is 0 Å². The number of nitrogens with one attached hydrogen (secondary N) is 1. The molecule has 88 valence electrons. The molecule has 0 aliphatic heterocycles. The smallest absolute Gasteiger partial charge is 0.308 e. The zero-order chi connectivity index (χ0) is 12.2. The van der Waals surface area contributed by atoms with E-state index in [9.17, 15) is 9.59 Å². The zero-order valence-electron chi connectivity index (χ0n) is 9.65. The van der Waals surface area contributed by atoms with Crippen LogP contribution in [0.4, 0.5) is 0 Å². The van der Waals surface area contributed by atoms with E-state index in [0.29, 0.717) is 0 Å². The second kappa shape index (κ2) is 5.70. The Morgan fingerprint density at radius 3 is 2.00 bits per heavy atom. The summed E-state index contributed by atoms with van der Waals surface area (Å²) in [4.78, 5) is 22.1. The van der Waals surface area contributed by atoms with Crippen LogP contribution in [-0.4, -0.2) is 29.1 Å². The molecule has 5 nitrogen and oxygen atoms in total. The van der Waals surface area contributed by atoms with Gasteiger partial charge in [-0.05, 0) is 19.8 Å². The van der Waals surface area contributed by atoms with Crippen LogP contribution in [0.15, 0.2) is 0 Å². The summed E-state index contributed by atoms with van der Waals surface area (Å²) in [7, 11) is 0. The second-order valence-corrected chi connectivity index (χ2v) is 4.19. The van der Waals surface area contributed by atoms with Gasteiger partial charge in [-0.2, -0.15) is 0 Å². The van der Waals surface area contributed by atoms with Crippen molar-refractivity contribution >= 4 is 11.9 Å². The Morgan fingerprint density at radius 1 is 1.20 bits per heavy atom. The number of hydrogen-bond donors (Lipinski definition) is 3. The van der Waals surface area contributed by atoms with Gasteiger partial charge in [-0.1, -0.05) is 13.8 Å². The number of carboxylic acids is 1. The summed E-state index contributed by atoms with van der Waals surface area (Å²) >= 11 is 0. The van der Waals surface area contributed by atoms with Gasteiger partial charge in [-0.25, -0.2) is 0 Å². The summed E-state index contributed by atoms with van der Waals surface area (Å²) in [6.45, 7) is 6.89. The van der Waals surface area contributed by atoms with Crippen molar-refractivity contribution in [3.05, 3.63) is 0 Å². The fourth-order valence-electron chi connectivity index (χ4n) is 0.962. The molecular weight excluding hydrogens is 196 g/mol. The molecule has 5 heteroatoms. The first kappa shape index (κ1) is 13.9. The summed E-state index contributed by atoms with van der Waals surface area (Å²) < 4.78 is 0. The zero-order valence-corrected chi connectivity index (χ0v) is 9.65. The maximum Gasteiger partial charge on any atom is 0.308 e. The molecule has 0 bridgehead atoms. The highest BCUT2D eigenvalue weighted by molar-refractivity contribution is 5.82. The van der Waals surface area contributed by atoms with E-state index in [-0.39, 0.29) is 11.8 Å².